The molecule has 0 aromatic rings. The van der Waals surface area contributed by atoms with E-state index in [1.165, 1.54) is 57.9 Å². The van der Waals surface area contributed by atoms with Gasteiger partial charge in [-0.2, -0.15) is 0 Å². The van der Waals surface area contributed by atoms with Gasteiger partial charge in [-0.05, 0) is 123 Å². The molecular formula is C41H71NO3. The van der Waals surface area contributed by atoms with Crippen LogP contribution in [-0.4, -0.2) is 42.9 Å². The molecule has 0 amide bonds. The molecule has 0 saturated heterocycles. The Morgan fingerprint density at radius 2 is 1.04 bits per heavy atom. The maximum atomic E-state index is 11.1. The minimum absolute atomic E-state index is 0.140. The number of nitrogens with zero attached hydrogens (tertiary/aromatic N) is 1. The minimum Gasteiger partial charge on any atom is -0.450 e. The van der Waals surface area contributed by atoms with Crippen LogP contribution in [0.1, 0.15) is 149 Å². The summed E-state index contributed by atoms with van der Waals surface area (Å²) in [6.45, 7) is 5.64. The summed E-state index contributed by atoms with van der Waals surface area (Å²) in [6.07, 6.45) is 49.5. The van der Waals surface area contributed by atoms with Gasteiger partial charge in [-0.1, -0.05) is 125 Å². The second kappa shape index (κ2) is 34.5. The molecule has 0 spiro atoms. The lowest BCUT2D eigenvalue weighted by Crippen LogP contribution is -2.16. The molecule has 4 nitrogen and oxygen atoms in total. The maximum Gasteiger partial charge on any atom is 0.506 e. The van der Waals surface area contributed by atoms with E-state index in [0.717, 1.165) is 83.5 Å². The number of allylic oxidation sites excluding steroid dienone is 12. The fraction of sp³-hybridized carbons (Fsp3) is 0.683. The SMILES string of the molecule is CC/C=C\C/C=C\C/C=C\CCCCCCCC(CCCCCCC/C=C\C/C=C\C/C=C\C(C)CCCN(C)C)OC(=O)O. The van der Waals surface area contributed by atoms with E-state index >= 15 is 0 Å². The average Bonchev–Trinajstić information content (AvgIpc) is 3.00. The van der Waals surface area contributed by atoms with E-state index in [4.69, 9.17) is 9.84 Å². The second-order valence-corrected chi connectivity index (χ2v) is 12.8. The third-order valence-electron chi connectivity index (χ3n) is 7.95. The molecule has 0 aliphatic heterocycles. The Hall–Kier alpha value is -2.33. The van der Waals surface area contributed by atoms with E-state index in [9.17, 15) is 4.79 Å². The van der Waals surface area contributed by atoms with Gasteiger partial charge in [0.05, 0.1) is 0 Å². The average molecular weight is 626 g/mol. The van der Waals surface area contributed by atoms with Crippen LogP contribution >= 0.6 is 0 Å². The molecule has 0 heterocycles. The molecule has 0 aliphatic rings. The fourth-order valence-corrected chi connectivity index (χ4v) is 5.26. The zero-order valence-corrected chi connectivity index (χ0v) is 29.9. The topological polar surface area (TPSA) is 49.8 Å². The first-order valence-electron chi connectivity index (χ1n) is 18.4. The lowest BCUT2D eigenvalue weighted by atomic mass is 10.0. The zero-order chi connectivity index (χ0) is 33.1. The summed E-state index contributed by atoms with van der Waals surface area (Å²) < 4.78 is 5.19. The molecule has 2 unspecified atom stereocenters. The van der Waals surface area contributed by atoms with Crippen LogP contribution < -0.4 is 0 Å². The summed E-state index contributed by atoms with van der Waals surface area (Å²) in [5, 5.41) is 9.13. The summed E-state index contributed by atoms with van der Waals surface area (Å²) in [6, 6.07) is 0. The number of carbonyl (C=O) groups is 1. The van der Waals surface area contributed by atoms with Crippen LogP contribution in [-0.2, 0) is 4.74 Å². The first-order chi connectivity index (χ1) is 22.0. The predicted octanol–water partition coefficient (Wildman–Crippen LogP) is 12.8. The van der Waals surface area contributed by atoms with E-state index in [0.29, 0.717) is 5.92 Å². The third kappa shape index (κ3) is 36.0. The maximum absolute atomic E-state index is 11.1. The standard InChI is InChI=1S/C41H71NO3/c1-5-6-7-8-9-10-11-12-13-16-19-22-25-28-31-36-40(45-41(43)44)37-32-29-26-23-20-17-14-15-18-21-24-27-30-34-39(2)35-33-38-42(3)4/h6-7,9-10,12-15,21,24,30,34,39-40H,5,8,11,16-20,22-23,25-29,31-33,35-38H2,1-4H3,(H,43,44)/b7-6-,10-9-,13-12-,15-14-,24-21-,34-30-. The molecule has 45 heavy (non-hydrogen) atoms. The van der Waals surface area contributed by atoms with Crippen molar-refractivity contribution in [3.8, 4) is 0 Å². The Labute approximate surface area is 279 Å². The Bertz CT molecular complexity index is 821. The van der Waals surface area contributed by atoms with Crippen LogP contribution in [0.3, 0.4) is 0 Å². The molecule has 0 aliphatic carbocycles. The van der Waals surface area contributed by atoms with Crippen LogP contribution in [0.2, 0.25) is 0 Å². The van der Waals surface area contributed by atoms with Crippen molar-refractivity contribution in [1.29, 1.82) is 0 Å². The lowest BCUT2D eigenvalue weighted by Gasteiger charge is -2.15. The van der Waals surface area contributed by atoms with Crippen LogP contribution in [0.25, 0.3) is 0 Å². The summed E-state index contributed by atoms with van der Waals surface area (Å²) in [5.41, 5.74) is 0. The first-order valence-corrected chi connectivity index (χ1v) is 18.4. The van der Waals surface area contributed by atoms with E-state index in [-0.39, 0.29) is 6.10 Å². The van der Waals surface area contributed by atoms with Gasteiger partial charge in [-0.3, -0.25) is 0 Å². The van der Waals surface area contributed by atoms with E-state index in [2.05, 4.69) is 106 Å². The highest BCUT2D eigenvalue weighted by molar-refractivity contribution is 5.57. The van der Waals surface area contributed by atoms with Crippen molar-refractivity contribution in [2.24, 2.45) is 5.92 Å². The van der Waals surface area contributed by atoms with E-state index < -0.39 is 6.16 Å². The number of hydrogen-bond donors (Lipinski definition) is 1. The normalized spacial score (nSPS) is 14.1. The number of ether oxygens (including phenoxy) is 1. The van der Waals surface area contributed by atoms with Crippen molar-refractivity contribution in [3.63, 3.8) is 0 Å². The summed E-state index contributed by atoms with van der Waals surface area (Å²) >= 11 is 0. The molecule has 4 heteroatoms. The summed E-state index contributed by atoms with van der Waals surface area (Å²) in [5.74, 6) is 0.664. The number of rotatable bonds is 31. The quantitative estimate of drug-likeness (QED) is 0.0473. The molecule has 0 saturated carbocycles. The molecule has 2 atom stereocenters. The third-order valence-corrected chi connectivity index (χ3v) is 7.95. The highest BCUT2D eigenvalue weighted by atomic mass is 16.7. The molecule has 0 fully saturated rings. The van der Waals surface area contributed by atoms with Crippen molar-refractivity contribution in [3.05, 3.63) is 72.9 Å². The molecule has 0 aromatic heterocycles. The van der Waals surface area contributed by atoms with Gasteiger partial charge >= 0.3 is 6.16 Å². The summed E-state index contributed by atoms with van der Waals surface area (Å²) in [4.78, 5) is 13.4. The summed E-state index contributed by atoms with van der Waals surface area (Å²) in [7, 11) is 4.27. The Kier molecular flexibility index (Phi) is 32.8. The molecule has 0 aromatic carbocycles. The van der Waals surface area contributed by atoms with Gasteiger partial charge in [0, 0.05) is 0 Å². The lowest BCUT2D eigenvalue weighted by molar-refractivity contribution is 0.0422. The molecular weight excluding hydrogens is 554 g/mol. The van der Waals surface area contributed by atoms with Crippen LogP contribution in [0, 0.1) is 5.92 Å². The highest BCUT2D eigenvalue weighted by Crippen LogP contribution is 2.17. The van der Waals surface area contributed by atoms with Gasteiger partial charge in [0.15, 0.2) is 0 Å². The molecule has 0 bridgehead atoms. The largest absolute Gasteiger partial charge is 0.506 e. The van der Waals surface area contributed by atoms with Crippen molar-refractivity contribution >= 4 is 6.16 Å². The van der Waals surface area contributed by atoms with E-state index in [1.54, 1.807) is 0 Å². The number of unbranched alkanes of at least 4 members (excludes halogenated alkanes) is 10. The molecule has 0 rings (SSSR count). The first kappa shape index (κ1) is 42.7. The van der Waals surface area contributed by atoms with Gasteiger partial charge in [-0.15, -0.1) is 0 Å². The van der Waals surface area contributed by atoms with Gasteiger partial charge < -0.3 is 14.7 Å². The van der Waals surface area contributed by atoms with Gasteiger partial charge in [0.2, 0.25) is 0 Å². The number of carboxylic acid groups (broad SMARTS) is 1. The molecule has 1 N–H and O–H groups in total. The minimum atomic E-state index is -1.13. The van der Waals surface area contributed by atoms with Crippen LogP contribution in [0.5, 0.6) is 0 Å². The monoisotopic (exact) mass is 626 g/mol. The van der Waals surface area contributed by atoms with Crippen molar-refractivity contribution < 1.29 is 14.6 Å². The van der Waals surface area contributed by atoms with Gasteiger partial charge in [-0.25, -0.2) is 4.79 Å². The number of hydrogen-bond acceptors (Lipinski definition) is 3. The second-order valence-electron chi connectivity index (χ2n) is 12.8. The van der Waals surface area contributed by atoms with E-state index in [1.807, 2.05) is 0 Å². The van der Waals surface area contributed by atoms with Crippen LogP contribution in [0.15, 0.2) is 72.9 Å². The van der Waals surface area contributed by atoms with Gasteiger partial charge in [0.1, 0.15) is 6.10 Å². The van der Waals surface area contributed by atoms with Crippen molar-refractivity contribution in [2.45, 2.75) is 155 Å². The molecule has 258 valence electrons. The van der Waals surface area contributed by atoms with Crippen molar-refractivity contribution in [2.75, 3.05) is 20.6 Å². The zero-order valence-electron chi connectivity index (χ0n) is 29.9. The Morgan fingerprint density at radius 1 is 0.600 bits per heavy atom. The van der Waals surface area contributed by atoms with Crippen molar-refractivity contribution in [1.82, 2.24) is 4.90 Å². The fourth-order valence-electron chi connectivity index (χ4n) is 5.26. The Balaban J connectivity index is 3.73. The highest BCUT2D eigenvalue weighted by Gasteiger charge is 2.13. The smallest absolute Gasteiger partial charge is 0.450 e. The van der Waals surface area contributed by atoms with Crippen LogP contribution in [0.4, 0.5) is 4.79 Å². The van der Waals surface area contributed by atoms with Gasteiger partial charge in [0.25, 0.3) is 0 Å². The molecule has 0 radical (unpaired) electrons. The predicted molar refractivity (Wildman–Crippen MR) is 198 cm³/mol. The Morgan fingerprint density at radius 3 is 1.53 bits per heavy atom.